The summed E-state index contributed by atoms with van der Waals surface area (Å²) in [6.45, 7) is 7.12. The van der Waals surface area contributed by atoms with Crippen LogP contribution >= 0.6 is 0 Å². The topological polar surface area (TPSA) is 143 Å². The largest absolute Gasteiger partial charge is 0.461 e. The van der Waals surface area contributed by atoms with Crippen LogP contribution in [-0.2, 0) is 19.1 Å². The molecular weight excluding hydrogens is 605 g/mol. The minimum absolute atomic E-state index is 0.0214. The number of nitrogens with one attached hydrogen (secondary N) is 3. The lowest BCUT2D eigenvalue weighted by Gasteiger charge is -2.37. The maximum Gasteiger partial charge on any atom is 0.407 e. The number of hydrogen-bond donors (Lipinski definition) is 3. The van der Waals surface area contributed by atoms with Crippen molar-refractivity contribution in [2.75, 3.05) is 25.1 Å². The number of halogens is 1. The molecule has 3 heterocycles. The zero-order valence-electron chi connectivity index (χ0n) is 28.1. The van der Waals surface area contributed by atoms with Gasteiger partial charge in [-0.3, -0.25) is 9.59 Å². The summed E-state index contributed by atoms with van der Waals surface area (Å²) in [5.41, 5.74) is 0.280. The molecule has 0 unspecified atom stereocenters. The number of pyridine rings is 1. The second kappa shape index (κ2) is 15.0. The Balaban J connectivity index is 1.27. The number of aromatic amines is 1. The molecule has 12 heteroatoms. The van der Waals surface area contributed by atoms with Gasteiger partial charge >= 0.3 is 12.1 Å². The summed E-state index contributed by atoms with van der Waals surface area (Å²) in [6, 6.07) is 2.12. The van der Waals surface area contributed by atoms with Crippen molar-refractivity contribution in [3.63, 3.8) is 0 Å². The maximum absolute atomic E-state index is 14.1. The Kier molecular flexibility index (Phi) is 11.1. The van der Waals surface area contributed by atoms with Crippen LogP contribution in [0, 0.1) is 23.7 Å². The Morgan fingerprint density at radius 1 is 1.04 bits per heavy atom. The molecule has 0 bridgehead atoms. The van der Waals surface area contributed by atoms with E-state index in [1.165, 1.54) is 6.42 Å². The summed E-state index contributed by atoms with van der Waals surface area (Å²) in [7, 11) is 0. The van der Waals surface area contributed by atoms with Gasteiger partial charge in [-0.05, 0) is 89.7 Å². The van der Waals surface area contributed by atoms with Crippen LogP contribution in [0.1, 0.15) is 102 Å². The average Bonchev–Trinajstić information content (AvgIpc) is 3.68. The minimum Gasteiger partial charge on any atom is -0.461 e. The first-order chi connectivity index (χ1) is 22.5. The second-order valence-corrected chi connectivity index (χ2v) is 14.4. The summed E-state index contributed by atoms with van der Waals surface area (Å²) in [4.78, 5) is 61.9. The quantitative estimate of drug-likeness (QED) is 0.275. The van der Waals surface area contributed by atoms with Crippen molar-refractivity contribution in [1.29, 1.82) is 0 Å². The first-order valence-corrected chi connectivity index (χ1v) is 17.3. The number of nitrogens with zero attached hydrogens (tertiary/aromatic N) is 2. The van der Waals surface area contributed by atoms with Gasteiger partial charge in [-0.25, -0.2) is 19.0 Å². The number of hydrogen-bond acceptors (Lipinski definition) is 7. The lowest BCUT2D eigenvalue weighted by atomic mass is 9.76. The van der Waals surface area contributed by atoms with Crippen molar-refractivity contribution >= 4 is 40.6 Å². The number of ether oxygens (including phenoxy) is 2. The molecule has 2 saturated carbocycles. The monoisotopic (exact) mass is 655 g/mol. The van der Waals surface area contributed by atoms with Crippen LogP contribution in [0.2, 0.25) is 0 Å². The number of esters is 1. The Hall–Kier alpha value is -3.70. The molecule has 0 spiro atoms. The van der Waals surface area contributed by atoms with E-state index >= 15 is 0 Å². The minimum atomic E-state index is -0.702. The number of aromatic nitrogens is 2. The van der Waals surface area contributed by atoms with E-state index < -0.39 is 36.4 Å². The van der Waals surface area contributed by atoms with Gasteiger partial charge in [-0.15, -0.1) is 0 Å². The number of amides is 3. The van der Waals surface area contributed by atoms with E-state index in [4.69, 9.17) is 9.47 Å². The zero-order chi connectivity index (χ0) is 33.7. The first-order valence-electron chi connectivity index (χ1n) is 17.3. The summed E-state index contributed by atoms with van der Waals surface area (Å²) in [5.74, 6) is -0.279. The molecule has 47 heavy (non-hydrogen) atoms. The Morgan fingerprint density at radius 2 is 1.77 bits per heavy atom. The molecule has 2 aromatic rings. The molecule has 2 aliphatic carbocycles. The molecule has 0 aromatic carbocycles. The molecule has 1 aliphatic heterocycles. The summed E-state index contributed by atoms with van der Waals surface area (Å²) in [5, 5.41) is 6.39. The fourth-order valence-corrected chi connectivity index (χ4v) is 7.82. The standard InChI is InChI=1S/C35H50FN5O6/c1-5-46-33(44)26-17-24-18-29(37-20-28(24)38-26)40-31(42)30-25(21-9-7-6-8-10-21)15-16-41(30)32(43)23-13-11-22(12-14-23)27(19-36)39-34(45)47-35(2,3)4/h17-18,20-23,25,27,30,38H,5-16,19H2,1-4H3,(H,39,45)(H,37,40,42)/t22?,23?,25-,27+,30+/m0/s1. The van der Waals surface area contributed by atoms with Crippen molar-refractivity contribution in [3.8, 4) is 0 Å². The van der Waals surface area contributed by atoms with Gasteiger partial charge in [-0.1, -0.05) is 32.1 Å². The number of fused-ring (bicyclic) bond motifs is 1. The molecule has 258 valence electrons. The highest BCUT2D eigenvalue weighted by molar-refractivity contribution is 6.00. The predicted molar refractivity (Wildman–Crippen MR) is 175 cm³/mol. The Labute approximate surface area is 276 Å². The number of H-pyrrole nitrogens is 1. The van der Waals surface area contributed by atoms with Gasteiger partial charge in [0.05, 0.1) is 24.4 Å². The SMILES string of the molecule is CCOC(=O)c1cc2cc(NC(=O)[C@H]3[C@H](C4CCCCC4)CCN3C(=O)C3CCC([C@@H](CF)NC(=O)OC(C)(C)C)CC3)ncc2[nH]1. The number of anilines is 1. The molecule has 3 aliphatic rings. The Bertz CT molecular complexity index is 1430. The van der Waals surface area contributed by atoms with Crippen LogP contribution in [-0.4, -0.2) is 76.3 Å². The van der Waals surface area contributed by atoms with Gasteiger partial charge in [0, 0.05) is 17.8 Å². The van der Waals surface area contributed by atoms with Crippen molar-refractivity contribution in [2.45, 2.75) is 110 Å². The maximum atomic E-state index is 14.1. The first kappa shape index (κ1) is 34.6. The van der Waals surface area contributed by atoms with Crippen LogP contribution < -0.4 is 10.6 Å². The lowest BCUT2D eigenvalue weighted by molar-refractivity contribution is -0.142. The molecule has 3 atom stereocenters. The normalized spacial score (nSPS) is 24.5. The van der Waals surface area contributed by atoms with E-state index in [1.807, 2.05) is 0 Å². The second-order valence-electron chi connectivity index (χ2n) is 14.4. The summed E-state index contributed by atoms with van der Waals surface area (Å²) >= 11 is 0. The van der Waals surface area contributed by atoms with Gasteiger partial charge in [-0.2, -0.15) is 0 Å². The molecule has 1 saturated heterocycles. The van der Waals surface area contributed by atoms with E-state index in [0.29, 0.717) is 60.6 Å². The highest BCUT2D eigenvalue weighted by Crippen LogP contribution is 2.41. The lowest BCUT2D eigenvalue weighted by Crippen LogP contribution is -2.50. The third-order valence-electron chi connectivity index (χ3n) is 10.1. The highest BCUT2D eigenvalue weighted by atomic mass is 19.1. The fourth-order valence-electron chi connectivity index (χ4n) is 7.82. The van der Waals surface area contributed by atoms with Crippen LogP contribution in [0.3, 0.4) is 0 Å². The van der Waals surface area contributed by atoms with Gasteiger partial charge < -0.3 is 30.0 Å². The number of carbonyl (C=O) groups excluding carboxylic acids is 4. The van der Waals surface area contributed by atoms with Gasteiger partial charge in [0.1, 0.15) is 29.8 Å². The molecule has 5 rings (SSSR count). The van der Waals surface area contributed by atoms with Crippen molar-refractivity contribution in [3.05, 3.63) is 24.0 Å². The summed E-state index contributed by atoms with van der Waals surface area (Å²) in [6.07, 6.45) is 9.65. The summed E-state index contributed by atoms with van der Waals surface area (Å²) < 4.78 is 24.4. The van der Waals surface area contributed by atoms with E-state index in [1.54, 1.807) is 50.9 Å². The molecular formula is C35H50FN5O6. The molecule has 11 nitrogen and oxygen atoms in total. The number of alkyl halides is 1. The van der Waals surface area contributed by atoms with E-state index in [2.05, 4.69) is 20.6 Å². The van der Waals surface area contributed by atoms with Crippen molar-refractivity contribution in [1.82, 2.24) is 20.2 Å². The molecule has 2 aromatic heterocycles. The average molecular weight is 656 g/mol. The van der Waals surface area contributed by atoms with Gasteiger partial charge in [0.25, 0.3) is 0 Å². The smallest absolute Gasteiger partial charge is 0.407 e. The van der Waals surface area contributed by atoms with Crippen LogP contribution in [0.15, 0.2) is 18.3 Å². The van der Waals surface area contributed by atoms with E-state index in [0.717, 1.165) is 32.1 Å². The van der Waals surface area contributed by atoms with E-state index in [9.17, 15) is 23.6 Å². The van der Waals surface area contributed by atoms with E-state index in [-0.39, 0.29) is 36.2 Å². The van der Waals surface area contributed by atoms with Gasteiger partial charge in [0.2, 0.25) is 11.8 Å². The van der Waals surface area contributed by atoms with Crippen molar-refractivity contribution < 1.29 is 33.0 Å². The number of alkyl carbamates (subject to hydrolysis) is 1. The molecule has 3 N–H and O–H groups in total. The number of rotatable bonds is 9. The molecule has 3 fully saturated rings. The zero-order valence-corrected chi connectivity index (χ0v) is 28.1. The number of likely N-dealkylation sites (tertiary alicyclic amines) is 1. The van der Waals surface area contributed by atoms with Crippen molar-refractivity contribution in [2.24, 2.45) is 23.7 Å². The third kappa shape index (κ3) is 8.43. The van der Waals surface area contributed by atoms with Crippen LogP contribution in [0.5, 0.6) is 0 Å². The van der Waals surface area contributed by atoms with Crippen LogP contribution in [0.25, 0.3) is 10.9 Å². The Morgan fingerprint density at radius 3 is 2.43 bits per heavy atom. The van der Waals surface area contributed by atoms with Crippen LogP contribution in [0.4, 0.5) is 15.0 Å². The fraction of sp³-hybridized carbons (Fsp3) is 0.686. The predicted octanol–water partition coefficient (Wildman–Crippen LogP) is 6.14. The molecule has 3 amide bonds. The van der Waals surface area contributed by atoms with Gasteiger partial charge in [0.15, 0.2) is 0 Å². The molecule has 0 radical (unpaired) electrons. The third-order valence-corrected chi connectivity index (χ3v) is 10.1. The number of carbonyl (C=O) groups is 4. The highest BCUT2D eigenvalue weighted by Gasteiger charge is 2.47.